The number of aromatic nitrogens is 1. The van der Waals surface area contributed by atoms with Gasteiger partial charge in [-0.05, 0) is 36.1 Å². The number of pyridine rings is 1. The van der Waals surface area contributed by atoms with E-state index in [1.165, 1.54) is 24.5 Å². The second-order valence-electron chi connectivity index (χ2n) is 7.99. The summed E-state index contributed by atoms with van der Waals surface area (Å²) in [5, 5.41) is 3.35. The Morgan fingerprint density at radius 1 is 1.18 bits per heavy atom. The number of carbonyl (C=O) groups excluding carboxylic acids is 2. The fraction of sp³-hybridized carbons (Fsp3) is 0.240. The van der Waals surface area contributed by atoms with Gasteiger partial charge in [0, 0.05) is 50.5 Å². The lowest BCUT2D eigenvalue weighted by molar-refractivity contribution is 0.0728. The van der Waals surface area contributed by atoms with E-state index in [-0.39, 0.29) is 29.1 Å². The zero-order valence-electron chi connectivity index (χ0n) is 18.6. The Morgan fingerprint density at radius 2 is 2.03 bits per heavy atom. The molecule has 0 unspecified atom stereocenters. The number of halogens is 1. The number of fused-ring (bicyclic) bond motifs is 2. The van der Waals surface area contributed by atoms with Gasteiger partial charge in [0.1, 0.15) is 5.75 Å². The molecule has 2 aromatic heterocycles. The van der Waals surface area contributed by atoms with Crippen molar-refractivity contribution in [2.24, 2.45) is 0 Å². The summed E-state index contributed by atoms with van der Waals surface area (Å²) in [6.45, 7) is 1.20. The van der Waals surface area contributed by atoms with Crippen molar-refractivity contribution >= 4 is 44.1 Å². The van der Waals surface area contributed by atoms with Crippen molar-refractivity contribution in [3.63, 3.8) is 0 Å². The monoisotopic (exact) mass is 479 g/mol. The summed E-state index contributed by atoms with van der Waals surface area (Å²) < 4.78 is 27.3. The molecule has 2 aromatic carbocycles. The van der Waals surface area contributed by atoms with Gasteiger partial charge in [-0.25, -0.2) is 4.39 Å². The highest BCUT2D eigenvalue weighted by Gasteiger charge is 2.28. The molecule has 4 aromatic rings. The highest BCUT2D eigenvalue weighted by molar-refractivity contribution is 7.21. The van der Waals surface area contributed by atoms with Crippen LogP contribution in [-0.2, 0) is 4.74 Å². The Balaban J connectivity index is 1.48. The molecule has 0 bridgehead atoms. The van der Waals surface area contributed by atoms with E-state index in [0.717, 1.165) is 6.42 Å². The average Bonchev–Trinajstić information content (AvgIpc) is 3.52. The van der Waals surface area contributed by atoms with Crippen molar-refractivity contribution in [3.05, 3.63) is 64.9 Å². The molecule has 1 aliphatic rings. The quantitative estimate of drug-likeness (QED) is 0.453. The smallest absolute Gasteiger partial charge is 0.264 e. The fourth-order valence-electron chi connectivity index (χ4n) is 4.19. The third kappa shape index (κ3) is 3.86. The predicted octanol–water partition coefficient (Wildman–Crippen LogP) is 4.60. The van der Waals surface area contributed by atoms with Gasteiger partial charge in [-0.2, -0.15) is 0 Å². The Labute approximate surface area is 199 Å². The van der Waals surface area contributed by atoms with Gasteiger partial charge in [0.2, 0.25) is 0 Å². The van der Waals surface area contributed by atoms with Crippen LogP contribution in [0.25, 0.3) is 21.0 Å². The largest absolute Gasteiger partial charge is 0.453 e. The third-order valence-corrected chi connectivity index (χ3v) is 7.13. The molecular formula is C25H22FN3O4S. The number of methoxy groups -OCH3 is 1. The molecule has 5 rings (SSSR count). The van der Waals surface area contributed by atoms with Gasteiger partial charge >= 0.3 is 0 Å². The minimum Gasteiger partial charge on any atom is -0.453 e. The number of benzene rings is 2. The first-order valence-electron chi connectivity index (χ1n) is 10.8. The number of thiophene rings is 1. The molecule has 2 amide bonds. The molecule has 1 atom stereocenters. The molecule has 3 heterocycles. The van der Waals surface area contributed by atoms with Crippen molar-refractivity contribution in [1.82, 2.24) is 15.2 Å². The number of amides is 2. The SMILES string of the molecule is CNC(=O)c1cccc2c(F)c(Oc3ccnc4cc(C(=O)N5CC[C@H](OC)C5)sc34)ccc12. The van der Waals surface area contributed by atoms with Gasteiger partial charge in [-0.15, -0.1) is 11.3 Å². The van der Waals surface area contributed by atoms with Gasteiger partial charge in [-0.1, -0.05) is 12.1 Å². The molecule has 1 saturated heterocycles. The van der Waals surface area contributed by atoms with Gasteiger partial charge in [0.05, 0.1) is 21.2 Å². The van der Waals surface area contributed by atoms with E-state index in [4.69, 9.17) is 9.47 Å². The summed E-state index contributed by atoms with van der Waals surface area (Å²) in [7, 11) is 3.18. The minimum atomic E-state index is -0.566. The van der Waals surface area contributed by atoms with Crippen LogP contribution in [0.1, 0.15) is 26.5 Å². The fourth-order valence-corrected chi connectivity index (χ4v) is 5.23. The second-order valence-corrected chi connectivity index (χ2v) is 9.04. The summed E-state index contributed by atoms with van der Waals surface area (Å²) in [5.74, 6) is -0.500. The highest BCUT2D eigenvalue weighted by atomic mass is 32.1. The van der Waals surface area contributed by atoms with Crippen LogP contribution in [0.15, 0.2) is 48.7 Å². The Bertz CT molecular complexity index is 1420. The predicted molar refractivity (Wildman–Crippen MR) is 128 cm³/mol. The van der Waals surface area contributed by atoms with E-state index in [1.54, 1.807) is 54.6 Å². The Hall–Kier alpha value is -3.56. The Morgan fingerprint density at radius 3 is 2.79 bits per heavy atom. The number of nitrogens with one attached hydrogen (secondary N) is 1. The molecular weight excluding hydrogens is 457 g/mol. The maximum atomic E-state index is 15.4. The number of hydrogen-bond donors (Lipinski definition) is 1. The lowest BCUT2D eigenvalue weighted by atomic mass is 10.0. The molecule has 174 valence electrons. The first-order valence-corrected chi connectivity index (χ1v) is 11.6. The van der Waals surface area contributed by atoms with Crippen molar-refractivity contribution < 1.29 is 23.5 Å². The van der Waals surface area contributed by atoms with Gasteiger partial charge in [0.15, 0.2) is 11.6 Å². The summed E-state index contributed by atoms with van der Waals surface area (Å²) >= 11 is 1.27. The number of carbonyl (C=O) groups is 2. The molecule has 9 heteroatoms. The summed E-state index contributed by atoms with van der Waals surface area (Å²) in [4.78, 5) is 31.8. The van der Waals surface area contributed by atoms with Gasteiger partial charge in [-0.3, -0.25) is 14.6 Å². The van der Waals surface area contributed by atoms with Crippen LogP contribution in [0, 0.1) is 5.82 Å². The van der Waals surface area contributed by atoms with Gasteiger partial charge < -0.3 is 19.7 Å². The van der Waals surface area contributed by atoms with Crippen molar-refractivity contribution in [2.45, 2.75) is 12.5 Å². The van der Waals surface area contributed by atoms with Crippen LogP contribution < -0.4 is 10.1 Å². The number of hydrogen-bond acceptors (Lipinski definition) is 6. The second kappa shape index (κ2) is 9.00. The zero-order valence-corrected chi connectivity index (χ0v) is 19.4. The Kier molecular flexibility index (Phi) is 5.89. The van der Waals surface area contributed by atoms with Crippen LogP contribution in [0.3, 0.4) is 0 Å². The molecule has 34 heavy (non-hydrogen) atoms. The molecule has 1 aliphatic heterocycles. The summed E-state index contributed by atoms with van der Waals surface area (Å²) in [6.07, 6.45) is 2.43. The molecule has 0 saturated carbocycles. The van der Waals surface area contributed by atoms with Crippen molar-refractivity contribution in [3.8, 4) is 11.5 Å². The van der Waals surface area contributed by atoms with Crippen LogP contribution in [0.2, 0.25) is 0 Å². The van der Waals surface area contributed by atoms with Crippen LogP contribution in [0.4, 0.5) is 4.39 Å². The molecule has 7 nitrogen and oxygen atoms in total. The number of likely N-dealkylation sites (tertiary alicyclic amines) is 1. The average molecular weight is 480 g/mol. The van der Waals surface area contributed by atoms with E-state index in [2.05, 4.69) is 10.3 Å². The summed E-state index contributed by atoms with van der Waals surface area (Å²) in [6, 6.07) is 11.4. The highest BCUT2D eigenvalue weighted by Crippen LogP contribution is 2.38. The van der Waals surface area contributed by atoms with E-state index in [9.17, 15) is 9.59 Å². The molecule has 1 N–H and O–H groups in total. The normalized spacial score (nSPS) is 15.7. The number of nitrogens with zero attached hydrogens (tertiary/aromatic N) is 2. The van der Waals surface area contributed by atoms with Crippen molar-refractivity contribution in [2.75, 3.05) is 27.2 Å². The standard InChI is InChI=1S/C25H22FN3O4S/c1-27-24(30)17-5-3-4-16-15(17)6-7-19(22(16)26)33-20-8-10-28-18-12-21(34-23(18)20)25(31)29-11-9-14(13-29)32-2/h3-8,10,12,14H,9,11,13H2,1-2H3,(H,27,30)/t14-/m0/s1. The molecule has 0 aliphatic carbocycles. The van der Waals surface area contributed by atoms with Crippen LogP contribution >= 0.6 is 11.3 Å². The van der Waals surface area contributed by atoms with Crippen LogP contribution in [-0.4, -0.2) is 55.0 Å². The minimum absolute atomic E-state index is 0.0258. The van der Waals surface area contributed by atoms with E-state index < -0.39 is 5.82 Å². The van der Waals surface area contributed by atoms with E-state index >= 15 is 4.39 Å². The van der Waals surface area contributed by atoms with Gasteiger partial charge in [0.25, 0.3) is 11.8 Å². The lowest BCUT2D eigenvalue weighted by Crippen LogP contribution is -2.29. The first kappa shape index (κ1) is 22.2. The third-order valence-electron chi connectivity index (χ3n) is 6.00. The van der Waals surface area contributed by atoms with E-state index in [1.807, 2.05) is 0 Å². The maximum absolute atomic E-state index is 15.4. The zero-order chi connectivity index (χ0) is 23.8. The first-order chi connectivity index (χ1) is 16.5. The lowest BCUT2D eigenvalue weighted by Gasteiger charge is -2.14. The molecule has 1 fully saturated rings. The van der Waals surface area contributed by atoms with Crippen LogP contribution in [0.5, 0.6) is 11.5 Å². The molecule has 0 radical (unpaired) electrons. The number of ether oxygens (including phenoxy) is 2. The molecule has 0 spiro atoms. The maximum Gasteiger partial charge on any atom is 0.264 e. The number of rotatable bonds is 5. The summed E-state index contributed by atoms with van der Waals surface area (Å²) in [5.41, 5.74) is 0.993. The van der Waals surface area contributed by atoms with E-state index in [0.29, 0.717) is 44.9 Å². The topological polar surface area (TPSA) is 80.8 Å². The van der Waals surface area contributed by atoms with Crippen molar-refractivity contribution in [1.29, 1.82) is 0 Å².